The van der Waals surface area contributed by atoms with Crippen LogP contribution in [0.1, 0.15) is 49.3 Å². The zero-order valence-electron chi connectivity index (χ0n) is 17.6. The fraction of sp³-hybridized carbons (Fsp3) is 0.348. The number of carbonyl (C=O) groups is 1. The normalized spacial score (nSPS) is 19.4. The molecule has 1 aromatic heterocycles. The number of nitrogens with two attached hydrogens (primary N) is 2. The van der Waals surface area contributed by atoms with E-state index in [1.807, 2.05) is 63.2 Å². The van der Waals surface area contributed by atoms with Gasteiger partial charge in [0.1, 0.15) is 23.2 Å². The third-order valence-electron chi connectivity index (χ3n) is 5.80. The molecule has 0 fully saturated rings. The van der Waals surface area contributed by atoms with E-state index in [0.717, 1.165) is 11.3 Å². The van der Waals surface area contributed by atoms with E-state index in [0.29, 0.717) is 29.7 Å². The van der Waals surface area contributed by atoms with Crippen molar-refractivity contribution < 1.29 is 9.53 Å². The van der Waals surface area contributed by atoms with Gasteiger partial charge in [0, 0.05) is 44.1 Å². The molecule has 7 nitrogen and oxygen atoms in total. The molecule has 1 aliphatic carbocycles. The van der Waals surface area contributed by atoms with Crippen molar-refractivity contribution in [3.05, 3.63) is 52.3 Å². The van der Waals surface area contributed by atoms with Crippen molar-refractivity contribution in [1.82, 2.24) is 4.98 Å². The number of benzene rings is 1. The third kappa shape index (κ3) is 3.05. The number of nitrogens with zero attached hydrogens (tertiary/aromatic N) is 3. The van der Waals surface area contributed by atoms with Crippen LogP contribution in [0.2, 0.25) is 0 Å². The first kappa shape index (κ1) is 19.8. The molecule has 0 spiro atoms. The fourth-order valence-corrected chi connectivity index (χ4v) is 4.34. The molecular weight excluding hydrogens is 378 g/mol. The van der Waals surface area contributed by atoms with Gasteiger partial charge in [-0.1, -0.05) is 26.0 Å². The molecule has 0 saturated carbocycles. The standard InChI is InChI=1S/C23H25N5O2/c1-23(2)9-15(29)18-16(10-23)30-22-19(20(25)14(11-24)21(26)27-22)17(18)12-5-7-13(8-6-12)28(3)4/h5-8,17H,9-10H2,1-4H3,(H4,25,26,27)/t17-/m1/s1. The Labute approximate surface area is 175 Å². The van der Waals surface area contributed by atoms with E-state index < -0.39 is 5.92 Å². The smallest absolute Gasteiger partial charge is 0.227 e. The first-order chi connectivity index (χ1) is 14.1. The van der Waals surface area contributed by atoms with Crippen LogP contribution in [-0.2, 0) is 4.79 Å². The van der Waals surface area contributed by atoms with E-state index in [1.165, 1.54) is 0 Å². The van der Waals surface area contributed by atoms with Gasteiger partial charge in [-0.05, 0) is 23.1 Å². The van der Waals surface area contributed by atoms with Gasteiger partial charge in [0.25, 0.3) is 0 Å². The number of carbonyl (C=O) groups excluding carboxylic acids is 1. The van der Waals surface area contributed by atoms with Crippen LogP contribution in [0.15, 0.2) is 35.6 Å². The maximum absolute atomic E-state index is 13.2. The minimum absolute atomic E-state index is 0.0286. The number of allylic oxidation sites excluding steroid dienone is 2. The molecule has 1 atom stereocenters. The van der Waals surface area contributed by atoms with Crippen LogP contribution in [0.4, 0.5) is 17.2 Å². The van der Waals surface area contributed by atoms with Gasteiger partial charge in [-0.3, -0.25) is 4.79 Å². The zero-order valence-corrected chi connectivity index (χ0v) is 17.6. The first-order valence-electron chi connectivity index (χ1n) is 9.83. The second-order valence-electron chi connectivity index (χ2n) is 8.92. The summed E-state index contributed by atoms with van der Waals surface area (Å²) in [6.07, 6.45) is 1.03. The van der Waals surface area contributed by atoms with E-state index in [-0.39, 0.29) is 34.1 Å². The molecule has 1 aliphatic heterocycles. The van der Waals surface area contributed by atoms with Crippen molar-refractivity contribution in [2.24, 2.45) is 5.41 Å². The molecule has 0 radical (unpaired) electrons. The molecular formula is C23H25N5O2. The third-order valence-corrected chi connectivity index (χ3v) is 5.80. The average Bonchev–Trinajstić information content (AvgIpc) is 2.65. The van der Waals surface area contributed by atoms with Crippen LogP contribution in [0.3, 0.4) is 0 Å². The van der Waals surface area contributed by atoms with Crippen LogP contribution in [0.25, 0.3) is 0 Å². The van der Waals surface area contributed by atoms with Crippen molar-refractivity contribution in [1.29, 1.82) is 5.26 Å². The Bertz CT molecular complexity index is 1120. The quantitative estimate of drug-likeness (QED) is 0.789. The van der Waals surface area contributed by atoms with E-state index in [9.17, 15) is 10.1 Å². The maximum Gasteiger partial charge on any atom is 0.227 e. The fourth-order valence-electron chi connectivity index (χ4n) is 4.34. The van der Waals surface area contributed by atoms with Gasteiger partial charge >= 0.3 is 0 Å². The summed E-state index contributed by atoms with van der Waals surface area (Å²) in [7, 11) is 3.94. The Hall–Kier alpha value is -3.53. The molecule has 4 rings (SSSR count). The lowest BCUT2D eigenvalue weighted by atomic mass is 9.70. The number of aromatic nitrogens is 1. The minimum Gasteiger partial charge on any atom is -0.442 e. The summed E-state index contributed by atoms with van der Waals surface area (Å²) in [6.45, 7) is 4.09. The van der Waals surface area contributed by atoms with Gasteiger partial charge in [-0.25, -0.2) is 0 Å². The summed E-state index contributed by atoms with van der Waals surface area (Å²) >= 11 is 0. The molecule has 0 saturated heterocycles. The number of nitriles is 1. The van der Waals surface area contributed by atoms with Crippen LogP contribution in [0, 0.1) is 16.7 Å². The Morgan fingerprint density at radius 1 is 1.20 bits per heavy atom. The molecule has 0 unspecified atom stereocenters. The predicted molar refractivity (Wildman–Crippen MR) is 116 cm³/mol. The number of Topliss-reactive ketones (excluding diaryl/α,β-unsaturated/α-hetero) is 1. The highest BCUT2D eigenvalue weighted by Gasteiger charge is 2.44. The summed E-state index contributed by atoms with van der Waals surface area (Å²) in [5, 5.41) is 9.53. The van der Waals surface area contributed by atoms with Crippen molar-refractivity contribution in [2.45, 2.75) is 32.6 Å². The highest BCUT2D eigenvalue weighted by Crippen LogP contribution is 2.52. The number of pyridine rings is 1. The van der Waals surface area contributed by atoms with Crippen LogP contribution < -0.4 is 21.1 Å². The monoisotopic (exact) mass is 403 g/mol. The van der Waals surface area contributed by atoms with Gasteiger partial charge < -0.3 is 21.1 Å². The van der Waals surface area contributed by atoms with Gasteiger partial charge in [0.05, 0.1) is 11.3 Å². The van der Waals surface area contributed by atoms with E-state index in [1.54, 1.807) is 0 Å². The van der Waals surface area contributed by atoms with Crippen LogP contribution in [-0.4, -0.2) is 24.9 Å². The molecule has 30 heavy (non-hydrogen) atoms. The lowest BCUT2D eigenvalue weighted by Crippen LogP contribution is -2.33. The lowest BCUT2D eigenvalue weighted by molar-refractivity contribution is -0.118. The molecule has 2 aliphatic rings. The molecule has 2 heterocycles. The molecule has 2 aromatic rings. The first-order valence-corrected chi connectivity index (χ1v) is 9.83. The number of hydrogen-bond acceptors (Lipinski definition) is 7. The van der Waals surface area contributed by atoms with Crippen molar-refractivity contribution in [3.8, 4) is 11.9 Å². The number of ether oxygens (including phenoxy) is 1. The minimum atomic E-state index is -0.455. The molecule has 154 valence electrons. The largest absolute Gasteiger partial charge is 0.442 e. The van der Waals surface area contributed by atoms with Gasteiger partial charge in [-0.2, -0.15) is 10.2 Å². The highest BCUT2D eigenvalue weighted by atomic mass is 16.5. The van der Waals surface area contributed by atoms with Gasteiger partial charge in [0.2, 0.25) is 5.88 Å². The lowest BCUT2D eigenvalue weighted by Gasteiger charge is -2.38. The van der Waals surface area contributed by atoms with Gasteiger partial charge in [-0.15, -0.1) is 0 Å². The zero-order chi connectivity index (χ0) is 21.8. The topological polar surface area (TPSA) is 118 Å². The van der Waals surface area contributed by atoms with Crippen molar-refractivity contribution in [3.63, 3.8) is 0 Å². The van der Waals surface area contributed by atoms with Crippen molar-refractivity contribution in [2.75, 3.05) is 30.5 Å². The Kier molecular flexibility index (Phi) is 4.46. The van der Waals surface area contributed by atoms with Crippen LogP contribution in [0.5, 0.6) is 5.88 Å². The molecule has 0 amide bonds. The molecule has 7 heteroatoms. The summed E-state index contributed by atoms with van der Waals surface area (Å²) in [6, 6.07) is 9.98. The molecule has 0 bridgehead atoms. The van der Waals surface area contributed by atoms with Gasteiger partial charge in [0.15, 0.2) is 5.78 Å². The SMILES string of the molecule is CN(C)c1ccc([C@@H]2C3=C(CC(C)(C)CC3=O)Oc3nc(N)c(C#N)c(N)c32)cc1. The number of hydrogen-bond donors (Lipinski definition) is 2. The summed E-state index contributed by atoms with van der Waals surface area (Å²) < 4.78 is 6.09. The Morgan fingerprint density at radius 2 is 1.87 bits per heavy atom. The number of anilines is 3. The number of nitrogen functional groups attached to an aromatic ring is 2. The second kappa shape index (κ2) is 6.77. The Balaban J connectivity index is 1.98. The molecule has 4 N–H and O–H groups in total. The Morgan fingerprint density at radius 3 is 2.47 bits per heavy atom. The number of fused-ring (bicyclic) bond motifs is 1. The highest BCUT2D eigenvalue weighted by molar-refractivity contribution is 6.00. The van der Waals surface area contributed by atoms with E-state index in [4.69, 9.17) is 16.2 Å². The predicted octanol–water partition coefficient (Wildman–Crippen LogP) is 3.35. The number of rotatable bonds is 2. The average molecular weight is 403 g/mol. The summed E-state index contributed by atoms with van der Waals surface area (Å²) in [4.78, 5) is 19.6. The summed E-state index contributed by atoms with van der Waals surface area (Å²) in [5.74, 6) is 0.490. The summed E-state index contributed by atoms with van der Waals surface area (Å²) in [5.41, 5.74) is 15.5. The number of ketones is 1. The van der Waals surface area contributed by atoms with Crippen molar-refractivity contribution >= 4 is 23.0 Å². The maximum atomic E-state index is 13.2. The molecule has 1 aromatic carbocycles. The van der Waals surface area contributed by atoms with E-state index in [2.05, 4.69) is 4.98 Å². The van der Waals surface area contributed by atoms with E-state index >= 15 is 0 Å². The second-order valence-corrected chi connectivity index (χ2v) is 8.92. The van der Waals surface area contributed by atoms with Crippen LogP contribution >= 0.6 is 0 Å².